The first kappa shape index (κ1) is 5.91. The van der Waals surface area contributed by atoms with Gasteiger partial charge in [-0.1, -0.05) is 11.8 Å². The average Bonchev–Trinajstić information content (AvgIpc) is 2.14. The SMILES string of the molecule is CNC1=NC(O)CS1. The normalized spacial score (nSPS) is 27.8. The van der Waals surface area contributed by atoms with Crippen molar-refractivity contribution in [3.05, 3.63) is 0 Å². The van der Waals surface area contributed by atoms with Gasteiger partial charge < -0.3 is 10.4 Å². The van der Waals surface area contributed by atoms with Gasteiger partial charge in [0.1, 0.15) is 0 Å². The second kappa shape index (κ2) is 2.37. The Balaban J connectivity index is 2.44. The zero-order chi connectivity index (χ0) is 5.98. The van der Waals surface area contributed by atoms with Crippen LogP contribution in [0.3, 0.4) is 0 Å². The van der Waals surface area contributed by atoms with Gasteiger partial charge in [0.2, 0.25) is 0 Å². The number of nitrogens with zero attached hydrogens (tertiary/aromatic N) is 1. The van der Waals surface area contributed by atoms with Gasteiger partial charge in [-0.05, 0) is 0 Å². The summed E-state index contributed by atoms with van der Waals surface area (Å²) in [6.07, 6.45) is -0.484. The maximum Gasteiger partial charge on any atom is 0.159 e. The van der Waals surface area contributed by atoms with Gasteiger partial charge in [-0.25, -0.2) is 4.99 Å². The van der Waals surface area contributed by atoms with E-state index < -0.39 is 6.23 Å². The summed E-state index contributed by atoms with van der Waals surface area (Å²) >= 11 is 1.54. The highest BCUT2D eigenvalue weighted by Gasteiger charge is 2.12. The molecule has 0 spiro atoms. The van der Waals surface area contributed by atoms with E-state index in [2.05, 4.69) is 10.3 Å². The molecule has 0 amide bonds. The minimum absolute atomic E-state index is 0.484. The molecule has 0 aromatic rings. The fourth-order valence-electron chi connectivity index (χ4n) is 0.500. The van der Waals surface area contributed by atoms with Gasteiger partial charge >= 0.3 is 0 Å². The second-order valence-electron chi connectivity index (χ2n) is 1.48. The van der Waals surface area contributed by atoms with Crippen LogP contribution in [-0.4, -0.2) is 29.3 Å². The van der Waals surface area contributed by atoms with Crippen molar-refractivity contribution in [1.29, 1.82) is 0 Å². The lowest BCUT2D eigenvalue weighted by atomic mass is 10.7. The molecule has 1 aliphatic rings. The van der Waals surface area contributed by atoms with Gasteiger partial charge in [0, 0.05) is 12.8 Å². The van der Waals surface area contributed by atoms with Crippen LogP contribution < -0.4 is 5.32 Å². The summed E-state index contributed by atoms with van der Waals surface area (Å²) in [6.45, 7) is 0. The number of nitrogens with one attached hydrogen (secondary N) is 1. The predicted molar refractivity (Wildman–Crippen MR) is 35.0 cm³/mol. The molecule has 1 atom stereocenters. The first-order valence-electron chi connectivity index (χ1n) is 2.39. The molecule has 4 heteroatoms. The van der Waals surface area contributed by atoms with Crippen molar-refractivity contribution in [2.24, 2.45) is 4.99 Å². The summed E-state index contributed by atoms with van der Waals surface area (Å²) in [5, 5.41) is 12.5. The molecule has 46 valence electrons. The molecule has 3 nitrogen and oxygen atoms in total. The minimum Gasteiger partial charge on any atom is -0.371 e. The smallest absolute Gasteiger partial charge is 0.159 e. The summed E-state index contributed by atoms with van der Waals surface area (Å²) < 4.78 is 0. The third-order valence-electron chi connectivity index (χ3n) is 0.849. The molecule has 0 saturated carbocycles. The summed E-state index contributed by atoms with van der Waals surface area (Å²) in [5.74, 6) is 0.691. The Bertz CT molecular complexity index is 115. The van der Waals surface area contributed by atoms with Gasteiger partial charge in [-0.15, -0.1) is 0 Å². The fraction of sp³-hybridized carbons (Fsp3) is 0.750. The molecule has 0 aliphatic carbocycles. The number of thioether (sulfide) groups is 1. The average molecular weight is 132 g/mol. The highest BCUT2D eigenvalue weighted by atomic mass is 32.2. The third-order valence-corrected chi connectivity index (χ3v) is 1.90. The number of rotatable bonds is 0. The van der Waals surface area contributed by atoms with E-state index in [1.807, 2.05) is 0 Å². The number of aliphatic hydroxyl groups is 1. The first-order valence-corrected chi connectivity index (χ1v) is 3.38. The Hall–Kier alpha value is -0.220. The van der Waals surface area contributed by atoms with E-state index in [9.17, 15) is 0 Å². The van der Waals surface area contributed by atoms with Crippen molar-refractivity contribution >= 4 is 16.9 Å². The summed E-state index contributed by atoms with van der Waals surface area (Å²) in [5.41, 5.74) is 0. The molecule has 1 heterocycles. The molecule has 0 radical (unpaired) electrons. The van der Waals surface area contributed by atoms with Crippen molar-refractivity contribution in [3.63, 3.8) is 0 Å². The Morgan fingerprint density at radius 3 is 3.00 bits per heavy atom. The van der Waals surface area contributed by atoms with Crippen LogP contribution >= 0.6 is 11.8 Å². The van der Waals surface area contributed by atoms with Gasteiger partial charge in [-0.2, -0.15) is 0 Å². The summed E-state index contributed by atoms with van der Waals surface area (Å²) in [4.78, 5) is 3.83. The quantitative estimate of drug-likeness (QED) is 0.472. The maximum atomic E-state index is 8.78. The van der Waals surface area contributed by atoms with E-state index in [-0.39, 0.29) is 0 Å². The van der Waals surface area contributed by atoms with Gasteiger partial charge in [0.05, 0.1) is 0 Å². The molecule has 8 heavy (non-hydrogen) atoms. The summed E-state index contributed by atoms with van der Waals surface area (Å²) in [7, 11) is 1.80. The van der Waals surface area contributed by atoms with E-state index in [0.29, 0.717) is 5.75 Å². The van der Waals surface area contributed by atoms with Crippen LogP contribution in [0.5, 0.6) is 0 Å². The van der Waals surface area contributed by atoms with Crippen LogP contribution in [0, 0.1) is 0 Å². The standard InChI is InChI=1S/C4H8N2OS/c1-5-4-6-3(7)2-8-4/h3,7H,2H2,1H3,(H,5,6). The third kappa shape index (κ3) is 1.14. The predicted octanol–water partition coefficient (Wildman–Crippen LogP) is -0.373. The van der Waals surface area contributed by atoms with Crippen molar-refractivity contribution in [2.75, 3.05) is 12.8 Å². The van der Waals surface area contributed by atoms with Gasteiger partial charge in [-0.3, -0.25) is 0 Å². The van der Waals surface area contributed by atoms with Crippen LogP contribution in [-0.2, 0) is 0 Å². The lowest BCUT2D eigenvalue weighted by Crippen LogP contribution is -2.11. The molecule has 1 rings (SSSR count). The van der Waals surface area contributed by atoms with Gasteiger partial charge in [0.25, 0.3) is 0 Å². The van der Waals surface area contributed by atoms with Crippen LogP contribution in [0.15, 0.2) is 4.99 Å². The Labute approximate surface area is 52.2 Å². The number of hydrogen-bond acceptors (Lipinski definition) is 4. The lowest BCUT2D eigenvalue weighted by molar-refractivity contribution is 0.213. The van der Waals surface area contributed by atoms with Gasteiger partial charge in [0.15, 0.2) is 11.4 Å². The summed E-state index contributed by atoms with van der Waals surface area (Å²) in [6, 6.07) is 0. The lowest BCUT2D eigenvalue weighted by Gasteiger charge is -1.90. The highest BCUT2D eigenvalue weighted by Crippen LogP contribution is 2.12. The van der Waals surface area contributed by atoms with E-state index >= 15 is 0 Å². The zero-order valence-electron chi connectivity index (χ0n) is 4.59. The van der Waals surface area contributed by atoms with Crippen molar-refractivity contribution in [3.8, 4) is 0 Å². The Morgan fingerprint density at radius 1 is 2.00 bits per heavy atom. The Kier molecular flexibility index (Phi) is 1.75. The molecule has 0 aromatic carbocycles. The topological polar surface area (TPSA) is 44.6 Å². The van der Waals surface area contributed by atoms with Crippen LogP contribution in [0.25, 0.3) is 0 Å². The maximum absolute atomic E-state index is 8.78. The van der Waals surface area contributed by atoms with E-state index in [4.69, 9.17) is 5.11 Å². The number of aliphatic imine (C=N–C) groups is 1. The fourth-order valence-corrected chi connectivity index (χ4v) is 1.22. The zero-order valence-corrected chi connectivity index (χ0v) is 5.40. The Morgan fingerprint density at radius 2 is 2.75 bits per heavy atom. The molecule has 1 unspecified atom stereocenters. The second-order valence-corrected chi connectivity index (χ2v) is 2.48. The number of hydrogen-bond donors (Lipinski definition) is 2. The number of amidine groups is 1. The van der Waals surface area contributed by atoms with Crippen molar-refractivity contribution in [1.82, 2.24) is 5.32 Å². The highest BCUT2D eigenvalue weighted by molar-refractivity contribution is 8.14. The molecule has 1 aliphatic heterocycles. The van der Waals surface area contributed by atoms with Crippen molar-refractivity contribution < 1.29 is 5.11 Å². The number of aliphatic hydroxyl groups excluding tert-OH is 1. The largest absolute Gasteiger partial charge is 0.371 e. The van der Waals surface area contributed by atoms with E-state index in [0.717, 1.165) is 5.17 Å². The molecule has 0 fully saturated rings. The van der Waals surface area contributed by atoms with Crippen LogP contribution in [0.1, 0.15) is 0 Å². The van der Waals surface area contributed by atoms with Crippen LogP contribution in [0.4, 0.5) is 0 Å². The molecular formula is C4H8N2OS. The van der Waals surface area contributed by atoms with Crippen molar-refractivity contribution in [2.45, 2.75) is 6.23 Å². The van der Waals surface area contributed by atoms with E-state index in [1.165, 1.54) is 11.8 Å². The monoisotopic (exact) mass is 132 g/mol. The van der Waals surface area contributed by atoms with E-state index in [1.54, 1.807) is 7.05 Å². The molecule has 0 bridgehead atoms. The molecule has 0 aromatic heterocycles. The molecule has 2 N–H and O–H groups in total. The molecule has 0 saturated heterocycles. The van der Waals surface area contributed by atoms with Crippen LogP contribution in [0.2, 0.25) is 0 Å². The first-order chi connectivity index (χ1) is 3.83. The molecular weight excluding hydrogens is 124 g/mol. The minimum atomic E-state index is -0.484.